The Morgan fingerprint density at radius 2 is 2.45 bits per heavy atom. The number of carbonyl (C=O) groups excluding carboxylic acids is 1. The fourth-order valence-corrected chi connectivity index (χ4v) is 2.74. The quantitative estimate of drug-likeness (QED) is 0.867. The number of methoxy groups -OCH3 is 1. The number of ether oxygens (including phenoxy) is 2. The first-order valence-electron chi connectivity index (χ1n) is 7.00. The third kappa shape index (κ3) is 2.51. The van der Waals surface area contributed by atoms with Crippen LogP contribution in [0.5, 0.6) is 0 Å². The van der Waals surface area contributed by atoms with Gasteiger partial charge in [-0.2, -0.15) is 0 Å². The van der Waals surface area contributed by atoms with Crippen LogP contribution in [0.25, 0.3) is 0 Å². The zero-order valence-corrected chi connectivity index (χ0v) is 11.7. The monoisotopic (exact) mass is 276 g/mol. The Hall–Kier alpha value is -1.59. The number of rotatable bonds is 4. The number of hydrogen-bond acceptors (Lipinski definition) is 4. The molecule has 20 heavy (non-hydrogen) atoms. The fraction of sp³-hybridized carbons (Fsp3) is 0.533. The van der Waals surface area contributed by atoms with E-state index in [1.54, 1.807) is 7.11 Å². The van der Waals surface area contributed by atoms with Crippen molar-refractivity contribution in [1.29, 1.82) is 0 Å². The second-order valence-electron chi connectivity index (χ2n) is 5.42. The van der Waals surface area contributed by atoms with E-state index in [0.29, 0.717) is 25.3 Å². The van der Waals surface area contributed by atoms with Crippen LogP contribution in [0, 0.1) is 0 Å². The summed E-state index contributed by atoms with van der Waals surface area (Å²) in [6.45, 7) is 2.65. The molecule has 1 saturated heterocycles. The van der Waals surface area contributed by atoms with Gasteiger partial charge in [-0.15, -0.1) is 0 Å². The number of benzene rings is 1. The second-order valence-corrected chi connectivity index (χ2v) is 5.42. The Labute approximate surface area is 118 Å². The van der Waals surface area contributed by atoms with E-state index in [-0.39, 0.29) is 11.5 Å². The van der Waals surface area contributed by atoms with E-state index in [1.165, 1.54) is 5.56 Å². The van der Waals surface area contributed by atoms with Crippen molar-refractivity contribution in [3.63, 3.8) is 0 Å². The Morgan fingerprint density at radius 1 is 1.55 bits per heavy atom. The molecule has 0 aliphatic carbocycles. The van der Waals surface area contributed by atoms with Crippen LogP contribution in [0.3, 0.4) is 0 Å². The van der Waals surface area contributed by atoms with E-state index in [0.717, 1.165) is 25.1 Å². The number of nitrogens with one attached hydrogen (secondary N) is 2. The maximum atomic E-state index is 12.2. The van der Waals surface area contributed by atoms with Crippen molar-refractivity contribution in [3.8, 4) is 0 Å². The van der Waals surface area contributed by atoms with Crippen LogP contribution < -0.4 is 10.6 Å². The highest BCUT2D eigenvalue weighted by Gasteiger charge is 2.35. The summed E-state index contributed by atoms with van der Waals surface area (Å²) < 4.78 is 10.9. The minimum Gasteiger partial charge on any atom is -0.384 e. The summed E-state index contributed by atoms with van der Waals surface area (Å²) in [5.41, 5.74) is 2.66. The zero-order valence-electron chi connectivity index (χ0n) is 11.7. The van der Waals surface area contributed by atoms with Gasteiger partial charge in [0.05, 0.1) is 6.61 Å². The molecule has 3 rings (SSSR count). The molecule has 1 fully saturated rings. The van der Waals surface area contributed by atoms with Crippen molar-refractivity contribution in [1.82, 2.24) is 5.32 Å². The first-order chi connectivity index (χ1) is 9.72. The Kier molecular flexibility index (Phi) is 3.63. The molecule has 0 saturated carbocycles. The van der Waals surface area contributed by atoms with Crippen molar-refractivity contribution in [2.75, 3.05) is 38.7 Å². The molecule has 1 unspecified atom stereocenters. The average molecular weight is 276 g/mol. The second kappa shape index (κ2) is 5.42. The number of amides is 1. The van der Waals surface area contributed by atoms with E-state index in [4.69, 9.17) is 9.47 Å². The molecule has 0 bridgehead atoms. The summed E-state index contributed by atoms with van der Waals surface area (Å²) >= 11 is 0. The predicted octanol–water partition coefficient (Wildman–Crippen LogP) is 1.19. The molecule has 0 spiro atoms. The summed E-state index contributed by atoms with van der Waals surface area (Å²) in [6.07, 6.45) is 1.84. The SMILES string of the molecule is COC1(CNC(=O)c2ccc3c(c2)NCC3)CCOC1. The van der Waals surface area contributed by atoms with Gasteiger partial charge in [-0.3, -0.25) is 4.79 Å². The zero-order chi connectivity index (χ0) is 14.0. The number of carbonyl (C=O) groups is 1. The van der Waals surface area contributed by atoms with Crippen LogP contribution in [0.2, 0.25) is 0 Å². The van der Waals surface area contributed by atoms with Crippen molar-refractivity contribution in [3.05, 3.63) is 29.3 Å². The summed E-state index contributed by atoms with van der Waals surface area (Å²) in [4.78, 5) is 12.2. The van der Waals surface area contributed by atoms with Gasteiger partial charge in [0, 0.05) is 44.5 Å². The Balaban J connectivity index is 1.64. The van der Waals surface area contributed by atoms with Crippen LogP contribution in [0.15, 0.2) is 18.2 Å². The molecule has 5 heteroatoms. The molecule has 0 aromatic heterocycles. The lowest BCUT2D eigenvalue weighted by molar-refractivity contribution is -0.0148. The lowest BCUT2D eigenvalue weighted by Gasteiger charge is -2.25. The molecule has 2 aliphatic rings. The van der Waals surface area contributed by atoms with Crippen molar-refractivity contribution >= 4 is 11.6 Å². The van der Waals surface area contributed by atoms with Crippen molar-refractivity contribution in [2.24, 2.45) is 0 Å². The van der Waals surface area contributed by atoms with E-state index >= 15 is 0 Å². The highest BCUT2D eigenvalue weighted by molar-refractivity contribution is 5.95. The highest BCUT2D eigenvalue weighted by Crippen LogP contribution is 2.24. The molecule has 1 aromatic rings. The first kappa shape index (κ1) is 13.4. The topological polar surface area (TPSA) is 59.6 Å². The standard InChI is InChI=1S/C15H20N2O3/c1-19-15(5-7-20-10-15)9-17-14(18)12-3-2-11-4-6-16-13(11)8-12/h2-3,8,16H,4-7,9-10H2,1H3,(H,17,18). The molecule has 2 aliphatic heterocycles. The molecular weight excluding hydrogens is 256 g/mol. The molecule has 108 valence electrons. The summed E-state index contributed by atoms with van der Waals surface area (Å²) in [7, 11) is 1.67. The third-order valence-corrected chi connectivity index (χ3v) is 4.15. The Morgan fingerprint density at radius 3 is 3.20 bits per heavy atom. The van der Waals surface area contributed by atoms with Crippen molar-refractivity contribution < 1.29 is 14.3 Å². The number of anilines is 1. The Bertz CT molecular complexity index is 510. The molecule has 5 nitrogen and oxygen atoms in total. The van der Waals surface area contributed by atoms with Crippen molar-refractivity contribution in [2.45, 2.75) is 18.4 Å². The van der Waals surface area contributed by atoms with Crippen LogP contribution in [-0.4, -0.2) is 44.9 Å². The van der Waals surface area contributed by atoms with Gasteiger partial charge in [-0.1, -0.05) is 6.07 Å². The molecular formula is C15H20N2O3. The van der Waals surface area contributed by atoms with Gasteiger partial charge >= 0.3 is 0 Å². The fourth-order valence-electron chi connectivity index (χ4n) is 2.74. The maximum absolute atomic E-state index is 12.2. The molecule has 1 amide bonds. The normalized spacial score (nSPS) is 24.2. The lowest BCUT2D eigenvalue weighted by atomic mass is 10.0. The van der Waals surface area contributed by atoms with E-state index in [2.05, 4.69) is 10.6 Å². The van der Waals surface area contributed by atoms with Gasteiger partial charge in [-0.05, 0) is 24.1 Å². The van der Waals surface area contributed by atoms with E-state index < -0.39 is 0 Å². The van der Waals surface area contributed by atoms with Gasteiger partial charge < -0.3 is 20.1 Å². The number of fused-ring (bicyclic) bond motifs is 1. The van der Waals surface area contributed by atoms with Gasteiger partial charge in [0.15, 0.2) is 0 Å². The van der Waals surface area contributed by atoms with Crippen LogP contribution in [0.4, 0.5) is 5.69 Å². The molecule has 1 atom stereocenters. The molecule has 0 radical (unpaired) electrons. The summed E-state index contributed by atoms with van der Waals surface area (Å²) in [5, 5.41) is 6.24. The molecule has 2 N–H and O–H groups in total. The largest absolute Gasteiger partial charge is 0.384 e. The van der Waals surface area contributed by atoms with E-state index in [1.807, 2.05) is 18.2 Å². The van der Waals surface area contributed by atoms with E-state index in [9.17, 15) is 4.79 Å². The van der Waals surface area contributed by atoms with Gasteiger partial charge in [-0.25, -0.2) is 0 Å². The highest BCUT2D eigenvalue weighted by atomic mass is 16.5. The minimum atomic E-state index is -0.370. The summed E-state index contributed by atoms with van der Waals surface area (Å²) in [5.74, 6) is -0.0650. The molecule has 1 aromatic carbocycles. The van der Waals surface area contributed by atoms with Crippen LogP contribution in [-0.2, 0) is 15.9 Å². The summed E-state index contributed by atoms with van der Waals surface area (Å²) in [6, 6.07) is 5.82. The number of hydrogen-bond donors (Lipinski definition) is 2. The molecule has 2 heterocycles. The average Bonchev–Trinajstić information content (AvgIpc) is 3.13. The third-order valence-electron chi connectivity index (χ3n) is 4.15. The van der Waals surface area contributed by atoms with Gasteiger partial charge in [0.2, 0.25) is 0 Å². The lowest BCUT2D eigenvalue weighted by Crippen LogP contribution is -2.45. The minimum absolute atomic E-state index is 0.0650. The predicted molar refractivity (Wildman–Crippen MR) is 76.1 cm³/mol. The van der Waals surface area contributed by atoms with Gasteiger partial charge in [0.25, 0.3) is 5.91 Å². The van der Waals surface area contributed by atoms with Gasteiger partial charge in [0.1, 0.15) is 5.60 Å². The maximum Gasteiger partial charge on any atom is 0.251 e. The van der Waals surface area contributed by atoms with Crippen LogP contribution >= 0.6 is 0 Å². The smallest absolute Gasteiger partial charge is 0.251 e. The van der Waals surface area contributed by atoms with Crippen LogP contribution in [0.1, 0.15) is 22.3 Å². The first-order valence-corrected chi connectivity index (χ1v) is 7.00.